The van der Waals surface area contributed by atoms with E-state index in [-0.39, 0.29) is 4.70 Å². The molecule has 0 bridgehead atoms. The van der Waals surface area contributed by atoms with Crippen molar-refractivity contribution < 1.29 is 15.1 Å². The van der Waals surface area contributed by atoms with E-state index in [4.69, 9.17) is 10.4 Å². The van der Waals surface area contributed by atoms with E-state index in [1.165, 1.54) is 14.1 Å². The monoisotopic (exact) mass is 108 g/mol. The molecular formula is C2H10N3O2+. The van der Waals surface area contributed by atoms with Gasteiger partial charge in [-0.15, -0.1) is 4.70 Å². The Morgan fingerprint density at radius 1 is 1.14 bits per heavy atom. The van der Waals surface area contributed by atoms with E-state index in [9.17, 15) is 0 Å². The van der Waals surface area contributed by atoms with Crippen molar-refractivity contribution in [3.63, 3.8) is 0 Å². The molecule has 7 heavy (non-hydrogen) atoms. The van der Waals surface area contributed by atoms with Crippen molar-refractivity contribution in [2.75, 3.05) is 14.1 Å². The van der Waals surface area contributed by atoms with Crippen molar-refractivity contribution >= 4 is 0 Å². The van der Waals surface area contributed by atoms with Gasteiger partial charge in [0.25, 0.3) is 0 Å². The summed E-state index contributed by atoms with van der Waals surface area (Å²) in [6, 6.07) is 0. The van der Waals surface area contributed by atoms with E-state index in [0.29, 0.717) is 0 Å². The molecule has 0 aliphatic carbocycles. The second kappa shape index (κ2) is 2.20. The van der Waals surface area contributed by atoms with Crippen molar-refractivity contribution in [1.82, 2.24) is 11.2 Å². The van der Waals surface area contributed by atoms with Crippen LogP contribution in [0.1, 0.15) is 0 Å². The van der Waals surface area contributed by atoms with Gasteiger partial charge in [0.2, 0.25) is 0 Å². The van der Waals surface area contributed by atoms with Gasteiger partial charge >= 0.3 is 0 Å². The lowest BCUT2D eigenvalue weighted by Crippen LogP contribution is -2.58. The number of quaternary nitrogens is 1. The smallest absolute Gasteiger partial charge is 0.109 e. The van der Waals surface area contributed by atoms with Crippen molar-refractivity contribution in [2.24, 2.45) is 0 Å². The van der Waals surface area contributed by atoms with Gasteiger partial charge in [-0.2, -0.15) is 0 Å². The van der Waals surface area contributed by atoms with Crippen LogP contribution >= 0.6 is 0 Å². The maximum Gasteiger partial charge on any atom is 0.109 e. The minimum atomic E-state index is -0.250. The Bertz CT molecular complexity index is 48.9. The summed E-state index contributed by atoms with van der Waals surface area (Å²) >= 11 is 0. The maximum atomic E-state index is 8.09. The van der Waals surface area contributed by atoms with Gasteiger partial charge in [-0.1, -0.05) is 0 Å². The third-order valence-corrected chi connectivity index (χ3v) is 0.500. The second-order valence-electron chi connectivity index (χ2n) is 1.65. The number of hydrogen-bond acceptors (Lipinski definition) is 4. The molecule has 0 aliphatic heterocycles. The van der Waals surface area contributed by atoms with Gasteiger partial charge in [-0.3, -0.25) is 10.4 Å². The quantitative estimate of drug-likeness (QED) is 0.266. The molecule has 0 aromatic rings. The average molecular weight is 108 g/mol. The maximum absolute atomic E-state index is 8.09. The summed E-state index contributed by atoms with van der Waals surface area (Å²) < 4.78 is -0.250. The Labute approximate surface area is 41.6 Å². The van der Waals surface area contributed by atoms with Gasteiger partial charge in [0.05, 0.1) is 0 Å². The van der Waals surface area contributed by atoms with E-state index in [1.807, 2.05) is 0 Å². The summed E-state index contributed by atoms with van der Waals surface area (Å²) in [5.74, 6) is 0. The van der Waals surface area contributed by atoms with Gasteiger partial charge in [-0.25, -0.2) is 0 Å². The molecule has 0 fully saturated rings. The fourth-order valence-electron chi connectivity index (χ4n) is 0.0224. The Morgan fingerprint density at radius 3 is 1.43 bits per heavy atom. The minimum absolute atomic E-state index is 0.250. The Kier molecular flexibility index (Phi) is 2.13. The molecule has 4 N–H and O–H groups in total. The first-order valence-electron chi connectivity index (χ1n) is 1.79. The van der Waals surface area contributed by atoms with Crippen LogP contribution in [0.2, 0.25) is 0 Å². The van der Waals surface area contributed by atoms with Crippen LogP contribution in [-0.4, -0.2) is 29.2 Å². The Balaban J connectivity index is 3.36. The summed E-state index contributed by atoms with van der Waals surface area (Å²) in [5, 5.41) is 16.2. The highest BCUT2D eigenvalue weighted by molar-refractivity contribution is 3.78. The predicted molar refractivity (Wildman–Crippen MR) is 22.0 cm³/mol. The summed E-state index contributed by atoms with van der Waals surface area (Å²) in [6.45, 7) is 0. The minimum Gasteiger partial charge on any atom is -0.270 e. The zero-order valence-corrected chi connectivity index (χ0v) is 4.34. The molecule has 0 aromatic heterocycles. The Morgan fingerprint density at radius 2 is 1.43 bits per heavy atom. The van der Waals surface area contributed by atoms with Crippen molar-refractivity contribution in [3.8, 4) is 0 Å². The summed E-state index contributed by atoms with van der Waals surface area (Å²) in [7, 11) is 3.03. The highest BCUT2D eigenvalue weighted by atomic mass is 16.6. The number of nitrogens with zero attached hydrogens (tertiary/aromatic N) is 1. The molecule has 0 spiro atoms. The number of hydrogen-bond donors (Lipinski definition) is 4. The van der Waals surface area contributed by atoms with Crippen LogP contribution in [0.15, 0.2) is 0 Å². The van der Waals surface area contributed by atoms with Crippen LogP contribution in [0.5, 0.6) is 0 Å². The zero-order valence-electron chi connectivity index (χ0n) is 4.34. The van der Waals surface area contributed by atoms with Gasteiger partial charge < -0.3 is 0 Å². The highest BCUT2D eigenvalue weighted by Crippen LogP contribution is 1.73. The summed E-state index contributed by atoms with van der Waals surface area (Å²) in [6.07, 6.45) is 0. The normalized spacial score (nSPS) is 12.0. The van der Waals surface area contributed by atoms with Gasteiger partial charge in [0, 0.05) is 0 Å². The van der Waals surface area contributed by atoms with Crippen molar-refractivity contribution in [3.05, 3.63) is 0 Å². The van der Waals surface area contributed by atoms with E-state index >= 15 is 0 Å². The molecule has 0 aromatic carbocycles. The number of rotatable bonds is 2. The van der Waals surface area contributed by atoms with Crippen LogP contribution in [0, 0.1) is 0 Å². The average Bonchev–Trinajstić information content (AvgIpc) is 1.68. The van der Waals surface area contributed by atoms with E-state index < -0.39 is 0 Å². The van der Waals surface area contributed by atoms with Gasteiger partial charge in [-0.05, 0) is 11.2 Å². The first-order valence-corrected chi connectivity index (χ1v) is 1.79. The van der Waals surface area contributed by atoms with Gasteiger partial charge in [0.15, 0.2) is 0 Å². The molecule has 0 saturated carbocycles. The highest BCUT2D eigenvalue weighted by Gasteiger charge is 2.08. The molecule has 0 heterocycles. The van der Waals surface area contributed by atoms with Crippen LogP contribution in [-0.2, 0) is 0 Å². The first kappa shape index (κ1) is 6.80. The zero-order chi connectivity index (χ0) is 5.91. The van der Waals surface area contributed by atoms with E-state index in [0.717, 1.165) is 0 Å². The molecule has 0 rings (SSSR count). The molecule has 5 nitrogen and oxygen atoms in total. The van der Waals surface area contributed by atoms with Crippen molar-refractivity contribution in [1.29, 1.82) is 0 Å². The lowest BCUT2D eigenvalue weighted by atomic mass is 11.1. The second-order valence-corrected chi connectivity index (χ2v) is 1.65. The van der Waals surface area contributed by atoms with Crippen LogP contribution in [0.25, 0.3) is 0 Å². The lowest BCUT2D eigenvalue weighted by molar-refractivity contribution is -1.02. The van der Waals surface area contributed by atoms with E-state index in [1.54, 1.807) is 11.2 Å². The summed E-state index contributed by atoms with van der Waals surface area (Å²) in [4.78, 5) is 0. The molecule has 0 saturated heterocycles. The molecule has 44 valence electrons. The summed E-state index contributed by atoms with van der Waals surface area (Å²) in [5.41, 5.74) is 3.53. The number of nitrogens with one attached hydrogen (secondary N) is 2. The fraction of sp³-hybridized carbons (Fsp3) is 1.00. The van der Waals surface area contributed by atoms with Crippen molar-refractivity contribution in [2.45, 2.75) is 0 Å². The molecule has 0 radical (unpaired) electrons. The first-order chi connectivity index (χ1) is 3.12. The molecule has 0 unspecified atom stereocenters. The SMILES string of the molecule is C[N+](C)(NO)NO. The topological polar surface area (TPSA) is 64.5 Å². The van der Waals surface area contributed by atoms with Gasteiger partial charge in [0.1, 0.15) is 14.1 Å². The Hall–Kier alpha value is -0.200. The third-order valence-electron chi connectivity index (χ3n) is 0.500. The molecule has 5 heteroatoms. The molecule has 0 atom stereocenters. The van der Waals surface area contributed by atoms with Crippen LogP contribution in [0.3, 0.4) is 0 Å². The third kappa shape index (κ3) is 2.49. The lowest BCUT2D eigenvalue weighted by Gasteiger charge is -2.20. The largest absolute Gasteiger partial charge is 0.270 e. The fourth-order valence-corrected chi connectivity index (χ4v) is 0.0224. The van der Waals surface area contributed by atoms with Crippen LogP contribution < -0.4 is 11.2 Å². The molecular weight excluding hydrogens is 98.0 g/mol. The van der Waals surface area contributed by atoms with Crippen LogP contribution in [0.4, 0.5) is 0 Å². The molecule has 0 amide bonds. The molecule has 0 aliphatic rings. The standard InChI is InChI=1S/C2H10N3O2/c1-5(2,3-6)4-7/h3-4,6-7H,1-2H3/q+1. The predicted octanol–water partition coefficient (Wildman–Crippen LogP) is -1.15. The van der Waals surface area contributed by atoms with E-state index in [2.05, 4.69) is 0 Å².